The van der Waals surface area contributed by atoms with Crippen molar-refractivity contribution in [2.24, 2.45) is 5.92 Å². The molecular weight excluding hydrogens is 238 g/mol. The maximum Gasteiger partial charge on any atom is 0.249 e. The quantitative estimate of drug-likeness (QED) is 0.738. The molecule has 2 aliphatic rings. The first-order valence-corrected chi connectivity index (χ1v) is 8.02. The fourth-order valence-electron chi connectivity index (χ4n) is 2.93. The van der Waals surface area contributed by atoms with Crippen molar-refractivity contribution < 1.29 is 9.53 Å². The molecule has 19 heavy (non-hydrogen) atoms. The highest BCUT2D eigenvalue weighted by Gasteiger charge is 2.36. The first-order chi connectivity index (χ1) is 9.09. The summed E-state index contributed by atoms with van der Waals surface area (Å²) in [7, 11) is 0. The number of hydrogen-bond donors (Lipinski definition) is 0. The van der Waals surface area contributed by atoms with Gasteiger partial charge in [0.2, 0.25) is 5.91 Å². The van der Waals surface area contributed by atoms with E-state index in [0.29, 0.717) is 24.1 Å². The Labute approximate surface area is 117 Å². The molecule has 0 saturated heterocycles. The van der Waals surface area contributed by atoms with Crippen molar-refractivity contribution in [3.8, 4) is 0 Å². The van der Waals surface area contributed by atoms with E-state index in [9.17, 15) is 4.79 Å². The lowest BCUT2D eigenvalue weighted by atomic mass is 9.98. The first-order valence-electron chi connectivity index (χ1n) is 8.02. The van der Waals surface area contributed by atoms with Crippen LogP contribution in [0.1, 0.15) is 65.7 Å². The molecular formula is C16H29NO2. The van der Waals surface area contributed by atoms with E-state index in [4.69, 9.17) is 4.74 Å². The fourth-order valence-corrected chi connectivity index (χ4v) is 2.93. The number of ether oxygens (including phenoxy) is 1. The number of amides is 1. The number of carbonyl (C=O) groups excluding carboxylic acids is 1. The van der Waals surface area contributed by atoms with E-state index in [0.717, 1.165) is 12.8 Å². The summed E-state index contributed by atoms with van der Waals surface area (Å²) < 4.78 is 5.84. The molecule has 0 spiro atoms. The van der Waals surface area contributed by atoms with E-state index in [1.807, 2.05) is 0 Å². The van der Waals surface area contributed by atoms with Gasteiger partial charge in [0.15, 0.2) is 0 Å². The molecule has 0 radical (unpaired) electrons. The van der Waals surface area contributed by atoms with Crippen molar-refractivity contribution in [1.29, 1.82) is 0 Å². The molecule has 1 amide bonds. The van der Waals surface area contributed by atoms with Crippen LogP contribution in [0.5, 0.6) is 0 Å². The highest BCUT2D eigenvalue weighted by Crippen LogP contribution is 2.31. The molecule has 0 aromatic carbocycles. The minimum absolute atomic E-state index is 0.203. The van der Waals surface area contributed by atoms with Gasteiger partial charge in [0.25, 0.3) is 0 Å². The fraction of sp³-hybridized carbons (Fsp3) is 0.938. The normalized spacial score (nSPS) is 22.5. The number of carbonyl (C=O) groups is 1. The molecule has 1 atom stereocenters. The average Bonchev–Trinajstić information content (AvgIpc) is 3.22. The molecule has 1 unspecified atom stereocenters. The Bertz CT molecular complexity index is 293. The zero-order valence-electron chi connectivity index (χ0n) is 12.7. The largest absolute Gasteiger partial charge is 0.368 e. The van der Waals surface area contributed by atoms with Gasteiger partial charge < -0.3 is 9.64 Å². The zero-order chi connectivity index (χ0) is 13.8. The van der Waals surface area contributed by atoms with E-state index in [1.54, 1.807) is 0 Å². The Morgan fingerprint density at radius 1 is 1.11 bits per heavy atom. The van der Waals surface area contributed by atoms with Crippen LogP contribution >= 0.6 is 0 Å². The van der Waals surface area contributed by atoms with Crippen LogP contribution in [0.15, 0.2) is 0 Å². The van der Waals surface area contributed by atoms with Crippen molar-refractivity contribution in [3.63, 3.8) is 0 Å². The molecule has 0 aromatic heterocycles. The van der Waals surface area contributed by atoms with Crippen molar-refractivity contribution in [1.82, 2.24) is 4.90 Å². The zero-order valence-corrected chi connectivity index (χ0v) is 12.7. The highest BCUT2D eigenvalue weighted by molar-refractivity contribution is 5.78. The van der Waals surface area contributed by atoms with Gasteiger partial charge >= 0.3 is 0 Å². The van der Waals surface area contributed by atoms with Crippen LogP contribution in [0.25, 0.3) is 0 Å². The van der Waals surface area contributed by atoms with Gasteiger partial charge in [-0.1, -0.05) is 33.1 Å². The van der Waals surface area contributed by atoms with E-state index in [2.05, 4.69) is 25.7 Å². The van der Waals surface area contributed by atoms with Crippen LogP contribution in [0.3, 0.4) is 0 Å². The minimum Gasteiger partial charge on any atom is -0.368 e. The summed E-state index contributed by atoms with van der Waals surface area (Å²) in [6.45, 7) is 6.84. The van der Waals surface area contributed by atoms with Crippen LogP contribution < -0.4 is 0 Å². The van der Waals surface area contributed by atoms with Crippen molar-refractivity contribution >= 4 is 5.91 Å². The van der Waals surface area contributed by atoms with E-state index >= 15 is 0 Å². The molecule has 3 nitrogen and oxygen atoms in total. The summed E-state index contributed by atoms with van der Waals surface area (Å²) in [5, 5.41) is 0. The predicted molar refractivity (Wildman–Crippen MR) is 77.0 cm³/mol. The highest BCUT2D eigenvalue weighted by atomic mass is 16.5. The van der Waals surface area contributed by atoms with Crippen LogP contribution in [0.4, 0.5) is 0 Å². The molecule has 2 aliphatic carbocycles. The second-order valence-corrected chi connectivity index (χ2v) is 6.59. The van der Waals surface area contributed by atoms with Crippen LogP contribution in [0.2, 0.25) is 0 Å². The lowest BCUT2D eigenvalue weighted by molar-refractivity contribution is -0.142. The maximum atomic E-state index is 12.4. The first kappa shape index (κ1) is 14.8. The van der Waals surface area contributed by atoms with Gasteiger partial charge in [0.05, 0.1) is 6.10 Å². The Hall–Kier alpha value is -0.570. The summed E-state index contributed by atoms with van der Waals surface area (Å²) in [4.78, 5) is 14.5. The summed E-state index contributed by atoms with van der Waals surface area (Å²) in [5.41, 5.74) is 0. The molecule has 2 rings (SSSR count). The maximum absolute atomic E-state index is 12.4. The van der Waals surface area contributed by atoms with Crippen molar-refractivity contribution in [3.05, 3.63) is 0 Å². The van der Waals surface area contributed by atoms with Gasteiger partial charge in [-0.05, 0) is 38.5 Å². The third-order valence-corrected chi connectivity index (χ3v) is 4.63. The van der Waals surface area contributed by atoms with Crippen LogP contribution in [0, 0.1) is 5.92 Å². The topological polar surface area (TPSA) is 29.5 Å². The van der Waals surface area contributed by atoms with Gasteiger partial charge in [-0.2, -0.15) is 0 Å². The summed E-state index contributed by atoms with van der Waals surface area (Å²) in [5.74, 6) is 0.716. The Kier molecular flexibility index (Phi) is 5.26. The van der Waals surface area contributed by atoms with Gasteiger partial charge in [0.1, 0.15) is 6.61 Å². The SMILES string of the molecule is CC(C)C(C)N(C(=O)COC1CCCCC1)C1CC1. The lowest BCUT2D eigenvalue weighted by Crippen LogP contribution is -2.45. The van der Waals surface area contributed by atoms with Gasteiger partial charge in [-0.3, -0.25) is 4.79 Å². The van der Waals surface area contributed by atoms with Gasteiger partial charge in [0, 0.05) is 12.1 Å². The smallest absolute Gasteiger partial charge is 0.249 e. The lowest BCUT2D eigenvalue weighted by Gasteiger charge is -2.33. The van der Waals surface area contributed by atoms with Gasteiger partial charge in [-0.25, -0.2) is 0 Å². The molecule has 110 valence electrons. The molecule has 2 saturated carbocycles. The average molecular weight is 267 g/mol. The third kappa shape index (κ3) is 4.20. The standard InChI is InChI=1S/C16H29NO2/c1-12(2)13(3)17(14-9-10-14)16(18)11-19-15-7-5-4-6-8-15/h12-15H,4-11H2,1-3H3. The monoisotopic (exact) mass is 267 g/mol. The Morgan fingerprint density at radius 3 is 2.26 bits per heavy atom. The van der Waals surface area contributed by atoms with Crippen LogP contribution in [-0.2, 0) is 9.53 Å². The second-order valence-electron chi connectivity index (χ2n) is 6.59. The summed E-state index contributed by atoms with van der Waals surface area (Å²) >= 11 is 0. The number of nitrogens with zero attached hydrogens (tertiary/aromatic N) is 1. The molecule has 0 N–H and O–H groups in total. The molecule has 0 heterocycles. The number of hydrogen-bond acceptors (Lipinski definition) is 2. The molecule has 0 bridgehead atoms. The molecule has 0 aliphatic heterocycles. The Balaban J connectivity index is 1.81. The van der Waals surface area contributed by atoms with Crippen molar-refractivity contribution in [2.45, 2.75) is 83.9 Å². The number of rotatable bonds is 6. The molecule has 3 heteroatoms. The van der Waals surface area contributed by atoms with Crippen molar-refractivity contribution in [2.75, 3.05) is 6.61 Å². The Morgan fingerprint density at radius 2 is 1.74 bits per heavy atom. The van der Waals surface area contributed by atoms with E-state index < -0.39 is 0 Å². The molecule has 0 aromatic rings. The second kappa shape index (κ2) is 6.74. The van der Waals surface area contributed by atoms with E-state index in [-0.39, 0.29) is 12.5 Å². The van der Waals surface area contributed by atoms with E-state index in [1.165, 1.54) is 32.1 Å². The minimum atomic E-state index is 0.203. The predicted octanol–water partition coefficient (Wildman–Crippen LogP) is 3.37. The van der Waals surface area contributed by atoms with Crippen LogP contribution in [-0.4, -0.2) is 35.6 Å². The molecule has 2 fully saturated rings. The summed E-state index contributed by atoms with van der Waals surface area (Å²) in [6, 6.07) is 0.815. The van der Waals surface area contributed by atoms with Gasteiger partial charge in [-0.15, -0.1) is 0 Å². The summed E-state index contributed by atoms with van der Waals surface area (Å²) in [6.07, 6.45) is 8.78. The third-order valence-electron chi connectivity index (χ3n) is 4.63.